The van der Waals surface area contributed by atoms with E-state index in [-0.39, 0.29) is 17.5 Å². The molecule has 9 heteroatoms. The first kappa shape index (κ1) is 25.6. The van der Waals surface area contributed by atoms with E-state index in [1.807, 2.05) is 36.4 Å². The maximum absolute atomic E-state index is 13.4. The number of benzene rings is 4. The summed E-state index contributed by atoms with van der Waals surface area (Å²) in [4.78, 5) is 37.2. The molecule has 0 fully saturated rings. The smallest absolute Gasteiger partial charge is 0.269 e. The molecule has 0 aliphatic rings. The van der Waals surface area contributed by atoms with E-state index in [1.54, 1.807) is 25.1 Å². The topological polar surface area (TPSA) is 101 Å². The van der Waals surface area contributed by atoms with Crippen LogP contribution < -0.4 is 10.6 Å². The minimum Gasteiger partial charge on any atom is -0.325 e. The standard InChI is InChI=1S/C28H22FN3O4S/c1-18-16-23(32(35)36)14-15-25(18)31-28(34)26(19-6-3-2-4-7-19)37-24-9-5-8-22(17-24)30-27(33)20-10-12-21(29)13-11-20/h2-17,26H,1H3,(H,30,33)(H,31,34). The lowest BCUT2D eigenvalue weighted by Crippen LogP contribution is -2.19. The third-order valence-corrected chi connectivity index (χ3v) is 6.72. The van der Waals surface area contributed by atoms with Crippen molar-refractivity contribution in [2.24, 2.45) is 0 Å². The van der Waals surface area contributed by atoms with Crippen LogP contribution in [0.5, 0.6) is 0 Å². The number of carbonyl (C=O) groups is 2. The molecule has 0 spiro atoms. The Balaban J connectivity index is 1.55. The van der Waals surface area contributed by atoms with Crippen molar-refractivity contribution in [1.29, 1.82) is 0 Å². The molecule has 0 heterocycles. The summed E-state index contributed by atoms with van der Waals surface area (Å²) in [7, 11) is 0. The van der Waals surface area contributed by atoms with Gasteiger partial charge in [0.2, 0.25) is 5.91 Å². The quantitative estimate of drug-likeness (QED) is 0.153. The number of halogens is 1. The molecule has 7 nitrogen and oxygen atoms in total. The van der Waals surface area contributed by atoms with E-state index >= 15 is 0 Å². The van der Waals surface area contributed by atoms with Crippen molar-refractivity contribution in [2.45, 2.75) is 17.1 Å². The number of hydrogen-bond donors (Lipinski definition) is 2. The second kappa shape index (κ2) is 11.5. The van der Waals surface area contributed by atoms with Gasteiger partial charge >= 0.3 is 0 Å². The number of nitro groups is 1. The highest BCUT2D eigenvalue weighted by atomic mass is 32.2. The molecule has 0 aromatic heterocycles. The van der Waals surface area contributed by atoms with Gasteiger partial charge in [-0.1, -0.05) is 36.4 Å². The zero-order chi connectivity index (χ0) is 26.4. The predicted octanol–water partition coefficient (Wildman–Crippen LogP) is 6.77. The van der Waals surface area contributed by atoms with Gasteiger partial charge in [-0.25, -0.2) is 4.39 Å². The Bertz CT molecular complexity index is 1450. The molecular formula is C28H22FN3O4S. The Kier molecular flexibility index (Phi) is 7.95. The van der Waals surface area contributed by atoms with E-state index in [1.165, 1.54) is 54.2 Å². The minimum atomic E-state index is -0.640. The lowest BCUT2D eigenvalue weighted by Gasteiger charge is -2.18. The number of nitrogens with zero attached hydrogens (tertiary/aromatic N) is 1. The average Bonchev–Trinajstić information content (AvgIpc) is 2.89. The highest BCUT2D eigenvalue weighted by Gasteiger charge is 2.23. The molecule has 0 radical (unpaired) electrons. The van der Waals surface area contributed by atoms with Crippen LogP contribution >= 0.6 is 11.8 Å². The van der Waals surface area contributed by atoms with Gasteiger partial charge in [0.15, 0.2) is 0 Å². The summed E-state index contributed by atoms with van der Waals surface area (Å²) in [5.41, 5.74) is 2.62. The molecule has 2 N–H and O–H groups in total. The van der Waals surface area contributed by atoms with E-state index in [0.717, 1.165) is 10.5 Å². The molecule has 4 rings (SSSR count). The maximum Gasteiger partial charge on any atom is 0.269 e. The number of non-ortho nitro benzene ring substituents is 1. The Morgan fingerprint density at radius 2 is 1.62 bits per heavy atom. The number of anilines is 2. The van der Waals surface area contributed by atoms with Crippen LogP contribution in [0.2, 0.25) is 0 Å². The normalized spacial score (nSPS) is 11.4. The number of thioether (sulfide) groups is 1. The molecule has 4 aromatic rings. The summed E-state index contributed by atoms with van der Waals surface area (Å²) in [5.74, 6) is -1.11. The molecule has 37 heavy (non-hydrogen) atoms. The third kappa shape index (κ3) is 6.59. The fraction of sp³-hybridized carbons (Fsp3) is 0.0714. The van der Waals surface area contributed by atoms with Gasteiger partial charge in [-0.3, -0.25) is 19.7 Å². The minimum absolute atomic E-state index is 0.0519. The van der Waals surface area contributed by atoms with Crippen LogP contribution in [-0.4, -0.2) is 16.7 Å². The molecule has 0 aliphatic carbocycles. The van der Waals surface area contributed by atoms with E-state index in [9.17, 15) is 24.1 Å². The predicted molar refractivity (Wildman–Crippen MR) is 142 cm³/mol. The van der Waals surface area contributed by atoms with Gasteiger partial charge < -0.3 is 10.6 Å². The lowest BCUT2D eigenvalue weighted by molar-refractivity contribution is -0.384. The van der Waals surface area contributed by atoms with Gasteiger partial charge in [-0.05, 0) is 66.6 Å². The molecule has 2 amide bonds. The van der Waals surface area contributed by atoms with Crippen LogP contribution in [0.15, 0.2) is 102 Å². The summed E-state index contributed by atoms with van der Waals surface area (Å²) in [6.07, 6.45) is 0. The second-order valence-electron chi connectivity index (χ2n) is 8.14. The van der Waals surface area contributed by atoms with Crippen LogP contribution in [0.25, 0.3) is 0 Å². The maximum atomic E-state index is 13.4. The molecule has 0 bridgehead atoms. The first-order chi connectivity index (χ1) is 17.8. The number of hydrogen-bond acceptors (Lipinski definition) is 5. The van der Waals surface area contributed by atoms with Crippen LogP contribution in [0, 0.1) is 22.9 Å². The van der Waals surface area contributed by atoms with E-state index in [0.29, 0.717) is 22.5 Å². The van der Waals surface area contributed by atoms with Crippen molar-refractivity contribution >= 4 is 40.6 Å². The van der Waals surface area contributed by atoms with Crippen LogP contribution in [0.3, 0.4) is 0 Å². The van der Waals surface area contributed by atoms with Crippen molar-refractivity contribution in [3.05, 3.63) is 130 Å². The van der Waals surface area contributed by atoms with Gasteiger partial charge in [0.05, 0.1) is 4.92 Å². The number of amides is 2. The number of rotatable bonds is 8. The third-order valence-electron chi connectivity index (χ3n) is 5.47. The SMILES string of the molecule is Cc1cc([N+](=O)[O-])ccc1NC(=O)C(Sc1cccc(NC(=O)c2ccc(F)cc2)c1)c1ccccc1. The fourth-order valence-electron chi connectivity index (χ4n) is 3.59. The largest absolute Gasteiger partial charge is 0.325 e. The summed E-state index contributed by atoms with van der Waals surface area (Å²) in [6.45, 7) is 1.69. The molecule has 0 saturated heterocycles. The van der Waals surface area contributed by atoms with Gasteiger partial charge in [-0.15, -0.1) is 11.8 Å². The molecule has 0 saturated carbocycles. The monoisotopic (exact) mass is 515 g/mol. The number of nitrogens with one attached hydrogen (secondary N) is 2. The Morgan fingerprint density at radius 3 is 2.30 bits per heavy atom. The van der Waals surface area contributed by atoms with Crippen molar-refractivity contribution in [3.63, 3.8) is 0 Å². The highest BCUT2D eigenvalue weighted by molar-refractivity contribution is 8.00. The van der Waals surface area contributed by atoms with Gasteiger partial charge in [-0.2, -0.15) is 0 Å². The van der Waals surface area contributed by atoms with Crippen LogP contribution in [-0.2, 0) is 4.79 Å². The molecule has 1 unspecified atom stereocenters. The molecule has 4 aromatic carbocycles. The number of nitro benzene ring substituents is 1. The van der Waals surface area contributed by atoms with Crippen molar-refractivity contribution in [2.75, 3.05) is 10.6 Å². The molecular weight excluding hydrogens is 493 g/mol. The number of aryl methyl sites for hydroxylation is 1. The van der Waals surface area contributed by atoms with Crippen molar-refractivity contribution in [1.82, 2.24) is 0 Å². The Hall–Kier alpha value is -4.50. The summed E-state index contributed by atoms with van der Waals surface area (Å²) in [6, 6.07) is 25.8. The average molecular weight is 516 g/mol. The zero-order valence-electron chi connectivity index (χ0n) is 19.7. The summed E-state index contributed by atoms with van der Waals surface area (Å²) >= 11 is 1.30. The van der Waals surface area contributed by atoms with Crippen molar-refractivity contribution < 1.29 is 18.9 Å². The van der Waals surface area contributed by atoms with Crippen molar-refractivity contribution in [3.8, 4) is 0 Å². The second-order valence-corrected chi connectivity index (χ2v) is 9.32. The number of carbonyl (C=O) groups excluding carboxylic acids is 2. The molecule has 0 aliphatic heterocycles. The molecule has 1 atom stereocenters. The highest BCUT2D eigenvalue weighted by Crippen LogP contribution is 2.37. The van der Waals surface area contributed by atoms with Crippen LogP contribution in [0.1, 0.15) is 26.7 Å². The summed E-state index contributed by atoms with van der Waals surface area (Å²) in [5, 5.41) is 16.1. The van der Waals surface area contributed by atoms with Crippen LogP contribution in [0.4, 0.5) is 21.5 Å². The Labute approximate surface area is 216 Å². The van der Waals surface area contributed by atoms with Gasteiger partial charge in [0.25, 0.3) is 11.6 Å². The first-order valence-corrected chi connectivity index (χ1v) is 12.1. The van der Waals surface area contributed by atoms with E-state index in [4.69, 9.17) is 0 Å². The van der Waals surface area contributed by atoms with Gasteiger partial charge in [0, 0.05) is 34.0 Å². The fourth-order valence-corrected chi connectivity index (χ4v) is 4.67. The van der Waals surface area contributed by atoms with E-state index in [2.05, 4.69) is 10.6 Å². The lowest BCUT2D eigenvalue weighted by atomic mass is 10.1. The van der Waals surface area contributed by atoms with Gasteiger partial charge in [0.1, 0.15) is 11.1 Å². The van der Waals surface area contributed by atoms with E-state index < -0.39 is 16.0 Å². The Morgan fingerprint density at radius 1 is 0.892 bits per heavy atom. The first-order valence-electron chi connectivity index (χ1n) is 11.2. The summed E-state index contributed by atoms with van der Waals surface area (Å²) < 4.78 is 13.2. The molecule has 186 valence electrons. The zero-order valence-corrected chi connectivity index (χ0v) is 20.5.